The predicted octanol–water partition coefficient (Wildman–Crippen LogP) is 2.46. The molecule has 0 radical (unpaired) electrons. The molecule has 0 bridgehead atoms. The van der Waals surface area contributed by atoms with Gasteiger partial charge in [-0.1, -0.05) is 18.2 Å². The lowest BCUT2D eigenvalue weighted by Crippen LogP contribution is -2.13. The number of para-hydroxylation sites is 1. The van der Waals surface area contributed by atoms with Crippen molar-refractivity contribution in [3.8, 4) is 11.6 Å². The normalized spacial score (nSPS) is 10.3. The second-order valence-electron chi connectivity index (χ2n) is 5.09. The van der Waals surface area contributed by atoms with Crippen LogP contribution in [0.3, 0.4) is 0 Å². The maximum absolute atomic E-state index is 11.9. The zero-order valence-corrected chi connectivity index (χ0v) is 13.0. The van der Waals surface area contributed by atoms with Crippen molar-refractivity contribution >= 4 is 11.6 Å². The van der Waals surface area contributed by atoms with Crippen LogP contribution in [0.15, 0.2) is 61.3 Å². The number of rotatable bonds is 7. The van der Waals surface area contributed by atoms with Gasteiger partial charge in [-0.05, 0) is 30.7 Å². The Hall–Kier alpha value is -3.22. The van der Waals surface area contributed by atoms with Gasteiger partial charge in [-0.2, -0.15) is 0 Å². The fraction of sp³-hybridized carbons (Fsp3) is 0.176. The molecule has 1 N–H and O–H groups in total. The fourth-order valence-corrected chi connectivity index (χ4v) is 2.09. The number of aromatic nitrogens is 4. The van der Waals surface area contributed by atoms with Crippen LogP contribution in [0.5, 0.6) is 5.75 Å². The monoisotopic (exact) mass is 323 g/mol. The van der Waals surface area contributed by atoms with Crippen molar-refractivity contribution in [2.75, 3.05) is 11.9 Å². The summed E-state index contributed by atoms with van der Waals surface area (Å²) < 4.78 is 7.24. The highest BCUT2D eigenvalue weighted by Gasteiger charge is 2.04. The van der Waals surface area contributed by atoms with Gasteiger partial charge in [-0.25, -0.2) is 4.98 Å². The molecule has 7 heteroatoms. The van der Waals surface area contributed by atoms with E-state index >= 15 is 0 Å². The number of anilines is 1. The van der Waals surface area contributed by atoms with Gasteiger partial charge in [-0.3, -0.25) is 9.36 Å². The third kappa shape index (κ3) is 4.39. The molecule has 0 fully saturated rings. The van der Waals surface area contributed by atoms with Crippen LogP contribution in [0.2, 0.25) is 0 Å². The van der Waals surface area contributed by atoms with Crippen molar-refractivity contribution in [1.82, 2.24) is 19.7 Å². The van der Waals surface area contributed by atoms with Crippen molar-refractivity contribution in [2.45, 2.75) is 12.8 Å². The predicted molar refractivity (Wildman–Crippen MR) is 89.0 cm³/mol. The molecule has 0 atom stereocenters. The Morgan fingerprint density at radius 2 is 1.88 bits per heavy atom. The lowest BCUT2D eigenvalue weighted by atomic mass is 10.3. The van der Waals surface area contributed by atoms with Crippen LogP contribution in [-0.4, -0.2) is 32.3 Å². The molecule has 0 saturated carbocycles. The Bertz CT molecular complexity index is 757. The second kappa shape index (κ2) is 7.87. The van der Waals surface area contributed by atoms with Crippen LogP contribution >= 0.6 is 0 Å². The van der Waals surface area contributed by atoms with Gasteiger partial charge in [0.1, 0.15) is 24.2 Å². The van der Waals surface area contributed by atoms with E-state index in [0.717, 1.165) is 5.75 Å². The smallest absolute Gasteiger partial charge is 0.224 e. The molecule has 122 valence electrons. The Kier molecular flexibility index (Phi) is 5.14. The van der Waals surface area contributed by atoms with E-state index in [4.69, 9.17) is 4.74 Å². The first kappa shape index (κ1) is 15.7. The van der Waals surface area contributed by atoms with Gasteiger partial charge in [0, 0.05) is 6.42 Å². The molecule has 0 saturated heterocycles. The quantitative estimate of drug-likeness (QED) is 0.675. The standard InChI is InChI=1S/C17H17N5O2/c23-17(7-4-10-24-15-5-2-1-3-6-15)21-14-8-9-16(18-11-14)22-12-19-20-13-22/h1-3,5-6,8-9,11-13H,4,7,10H2,(H,21,23). The summed E-state index contributed by atoms with van der Waals surface area (Å²) in [5.41, 5.74) is 0.654. The van der Waals surface area contributed by atoms with E-state index in [1.54, 1.807) is 35.6 Å². The van der Waals surface area contributed by atoms with E-state index in [9.17, 15) is 4.79 Å². The summed E-state index contributed by atoms with van der Waals surface area (Å²) in [5.74, 6) is 1.44. The van der Waals surface area contributed by atoms with E-state index in [1.807, 2.05) is 30.3 Å². The van der Waals surface area contributed by atoms with E-state index < -0.39 is 0 Å². The summed E-state index contributed by atoms with van der Waals surface area (Å²) in [7, 11) is 0. The number of nitrogens with zero attached hydrogens (tertiary/aromatic N) is 4. The first-order chi connectivity index (χ1) is 11.8. The summed E-state index contributed by atoms with van der Waals surface area (Å²) in [5, 5.41) is 10.3. The third-order valence-corrected chi connectivity index (χ3v) is 3.28. The molecular weight excluding hydrogens is 306 g/mol. The highest BCUT2D eigenvalue weighted by atomic mass is 16.5. The molecule has 2 heterocycles. The highest BCUT2D eigenvalue weighted by Crippen LogP contribution is 2.11. The van der Waals surface area contributed by atoms with E-state index in [0.29, 0.717) is 31.0 Å². The van der Waals surface area contributed by atoms with Gasteiger partial charge in [0.15, 0.2) is 0 Å². The Balaban J connectivity index is 1.42. The molecule has 24 heavy (non-hydrogen) atoms. The van der Waals surface area contributed by atoms with Crippen LogP contribution in [0.4, 0.5) is 5.69 Å². The molecule has 7 nitrogen and oxygen atoms in total. The molecule has 2 aromatic heterocycles. The highest BCUT2D eigenvalue weighted by molar-refractivity contribution is 5.90. The van der Waals surface area contributed by atoms with Gasteiger partial charge in [0.2, 0.25) is 5.91 Å². The lowest BCUT2D eigenvalue weighted by molar-refractivity contribution is -0.116. The van der Waals surface area contributed by atoms with Crippen molar-refractivity contribution in [2.24, 2.45) is 0 Å². The summed E-state index contributed by atoms with van der Waals surface area (Å²) in [6.45, 7) is 0.502. The molecule has 1 amide bonds. The van der Waals surface area contributed by atoms with Gasteiger partial charge in [-0.15, -0.1) is 10.2 Å². The summed E-state index contributed by atoms with van der Waals surface area (Å²) >= 11 is 0. The summed E-state index contributed by atoms with van der Waals surface area (Å²) in [6.07, 6.45) is 5.77. The number of ether oxygens (including phenoxy) is 1. The molecule has 0 aliphatic heterocycles. The molecule has 0 unspecified atom stereocenters. The number of carbonyl (C=O) groups excluding carboxylic acids is 1. The summed E-state index contributed by atoms with van der Waals surface area (Å²) in [4.78, 5) is 16.2. The Labute approximate surface area is 139 Å². The second-order valence-corrected chi connectivity index (χ2v) is 5.09. The van der Waals surface area contributed by atoms with Gasteiger partial charge in [0.25, 0.3) is 0 Å². The Morgan fingerprint density at radius 1 is 1.08 bits per heavy atom. The maximum atomic E-state index is 11.9. The minimum Gasteiger partial charge on any atom is -0.494 e. The van der Waals surface area contributed by atoms with Gasteiger partial charge >= 0.3 is 0 Å². The first-order valence-electron chi connectivity index (χ1n) is 7.60. The lowest BCUT2D eigenvalue weighted by Gasteiger charge is -2.07. The minimum atomic E-state index is -0.0643. The number of hydrogen-bond acceptors (Lipinski definition) is 5. The third-order valence-electron chi connectivity index (χ3n) is 3.28. The molecule has 0 spiro atoms. The molecular formula is C17H17N5O2. The van der Waals surface area contributed by atoms with Crippen molar-refractivity contribution in [1.29, 1.82) is 0 Å². The van der Waals surface area contributed by atoms with Crippen molar-refractivity contribution < 1.29 is 9.53 Å². The molecule has 3 aromatic rings. The topological polar surface area (TPSA) is 81.9 Å². The zero-order chi connectivity index (χ0) is 16.6. The van der Waals surface area contributed by atoms with E-state index in [-0.39, 0.29) is 5.91 Å². The fourth-order valence-electron chi connectivity index (χ4n) is 2.09. The average molecular weight is 323 g/mol. The molecule has 3 rings (SSSR count). The van der Waals surface area contributed by atoms with Crippen LogP contribution in [0.1, 0.15) is 12.8 Å². The number of carbonyl (C=O) groups is 1. The SMILES string of the molecule is O=C(CCCOc1ccccc1)Nc1ccc(-n2cnnc2)nc1. The Morgan fingerprint density at radius 3 is 2.58 bits per heavy atom. The van der Waals surface area contributed by atoms with Crippen LogP contribution in [0, 0.1) is 0 Å². The van der Waals surface area contributed by atoms with Crippen molar-refractivity contribution in [3.05, 3.63) is 61.3 Å². The van der Waals surface area contributed by atoms with Crippen molar-refractivity contribution in [3.63, 3.8) is 0 Å². The minimum absolute atomic E-state index is 0.0643. The number of nitrogens with one attached hydrogen (secondary N) is 1. The van der Waals surface area contributed by atoms with Gasteiger partial charge in [0.05, 0.1) is 18.5 Å². The first-order valence-corrected chi connectivity index (χ1v) is 7.60. The number of hydrogen-bond donors (Lipinski definition) is 1. The average Bonchev–Trinajstić information content (AvgIpc) is 3.15. The molecule has 0 aliphatic carbocycles. The number of amides is 1. The zero-order valence-electron chi connectivity index (χ0n) is 13.0. The van der Waals surface area contributed by atoms with Gasteiger partial charge < -0.3 is 10.1 Å². The summed E-state index contributed by atoms with van der Waals surface area (Å²) in [6, 6.07) is 13.1. The maximum Gasteiger partial charge on any atom is 0.224 e. The molecule has 1 aromatic carbocycles. The largest absolute Gasteiger partial charge is 0.494 e. The van der Waals surface area contributed by atoms with Crippen LogP contribution in [-0.2, 0) is 4.79 Å². The van der Waals surface area contributed by atoms with E-state index in [1.165, 1.54) is 0 Å². The van der Waals surface area contributed by atoms with Crippen LogP contribution in [0.25, 0.3) is 5.82 Å². The number of benzene rings is 1. The molecule has 0 aliphatic rings. The number of pyridine rings is 1. The van der Waals surface area contributed by atoms with Crippen LogP contribution < -0.4 is 10.1 Å². The van der Waals surface area contributed by atoms with E-state index in [2.05, 4.69) is 20.5 Å².